The Morgan fingerprint density at radius 1 is 1.23 bits per heavy atom. The molecule has 0 amide bonds. The lowest BCUT2D eigenvalue weighted by Crippen LogP contribution is -1.99. The van der Waals surface area contributed by atoms with Crippen LogP contribution in [0.15, 0.2) is 60.7 Å². The predicted molar refractivity (Wildman–Crippen MR) is 115 cm³/mol. The number of halogens is 2. The van der Waals surface area contributed by atoms with E-state index >= 15 is 0 Å². The van der Waals surface area contributed by atoms with Gasteiger partial charge in [0.1, 0.15) is 12.4 Å². The summed E-state index contributed by atoms with van der Waals surface area (Å²) in [5.74, 6) is 0.269. The third kappa shape index (κ3) is 5.38. The number of benzene rings is 3. The van der Waals surface area contributed by atoms with Crippen LogP contribution in [0.3, 0.4) is 0 Å². The van der Waals surface area contributed by atoms with E-state index in [1.165, 1.54) is 43.5 Å². The third-order valence-electron chi connectivity index (χ3n) is 4.34. The van der Waals surface area contributed by atoms with Crippen molar-refractivity contribution >= 4 is 28.9 Å². The van der Waals surface area contributed by atoms with Gasteiger partial charge in [0.2, 0.25) is 0 Å². The van der Waals surface area contributed by atoms with Gasteiger partial charge in [0.25, 0.3) is 5.69 Å². The summed E-state index contributed by atoms with van der Waals surface area (Å²) in [5, 5.41) is 20.6. The molecule has 31 heavy (non-hydrogen) atoms. The minimum Gasteiger partial charge on any atom is -0.493 e. The van der Waals surface area contributed by atoms with Crippen LogP contribution in [-0.2, 0) is 6.61 Å². The Labute approximate surface area is 182 Å². The molecule has 0 unspecified atom stereocenters. The lowest BCUT2D eigenvalue weighted by Gasteiger charge is -2.14. The molecule has 0 atom stereocenters. The van der Waals surface area contributed by atoms with Crippen molar-refractivity contribution in [3.63, 3.8) is 0 Å². The first-order chi connectivity index (χ1) is 14.9. The quantitative estimate of drug-likeness (QED) is 0.194. The van der Waals surface area contributed by atoms with Gasteiger partial charge in [-0.25, -0.2) is 4.39 Å². The number of nitro benzene ring substituents is 1. The van der Waals surface area contributed by atoms with Crippen LogP contribution >= 0.6 is 11.6 Å². The molecule has 156 valence electrons. The highest BCUT2D eigenvalue weighted by atomic mass is 35.5. The Morgan fingerprint density at radius 3 is 2.58 bits per heavy atom. The highest BCUT2D eigenvalue weighted by Gasteiger charge is 2.13. The molecule has 0 aliphatic heterocycles. The largest absolute Gasteiger partial charge is 0.493 e. The summed E-state index contributed by atoms with van der Waals surface area (Å²) in [6.45, 7) is 0.0925. The molecule has 0 saturated heterocycles. The molecule has 0 aliphatic carbocycles. The van der Waals surface area contributed by atoms with E-state index in [9.17, 15) is 19.8 Å². The van der Waals surface area contributed by atoms with E-state index in [0.717, 1.165) is 0 Å². The molecule has 0 N–H and O–H groups in total. The molecule has 3 rings (SSSR count). The van der Waals surface area contributed by atoms with Gasteiger partial charge in [0, 0.05) is 12.1 Å². The molecule has 3 aromatic rings. The molecule has 0 spiro atoms. The van der Waals surface area contributed by atoms with Crippen LogP contribution in [0.1, 0.15) is 16.7 Å². The molecule has 0 radical (unpaired) electrons. The fraction of sp³-hybridized carbons (Fsp3) is 0.0870. The summed E-state index contributed by atoms with van der Waals surface area (Å²) in [6, 6.07) is 17.0. The second-order valence-corrected chi connectivity index (χ2v) is 6.83. The second-order valence-electron chi connectivity index (χ2n) is 6.43. The average molecular weight is 439 g/mol. The number of nitro groups is 1. The number of nitrogens with zero attached hydrogens (tertiary/aromatic N) is 2. The van der Waals surface area contributed by atoms with E-state index in [2.05, 4.69) is 6.07 Å². The first-order valence-corrected chi connectivity index (χ1v) is 9.40. The molecule has 0 aliphatic rings. The van der Waals surface area contributed by atoms with Crippen LogP contribution in [0.2, 0.25) is 5.02 Å². The van der Waals surface area contributed by atoms with Gasteiger partial charge in [0.15, 0.2) is 11.5 Å². The monoisotopic (exact) mass is 438 g/mol. The van der Waals surface area contributed by atoms with Crippen LogP contribution in [-0.4, -0.2) is 12.0 Å². The summed E-state index contributed by atoms with van der Waals surface area (Å²) in [4.78, 5) is 10.3. The molecular weight excluding hydrogens is 423 g/mol. The topological polar surface area (TPSA) is 85.4 Å². The summed E-state index contributed by atoms with van der Waals surface area (Å²) in [7, 11) is 1.45. The number of non-ortho nitro benzene ring substituents is 1. The van der Waals surface area contributed by atoms with Crippen molar-refractivity contribution < 1.29 is 18.8 Å². The first kappa shape index (κ1) is 21.8. The maximum absolute atomic E-state index is 13.4. The van der Waals surface area contributed by atoms with Crippen LogP contribution in [0.5, 0.6) is 11.5 Å². The summed E-state index contributed by atoms with van der Waals surface area (Å²) >= 11 is 6.37. The third-order valence-corrected chi connectivity index (χ3v) is 4.63. The van der Waals surface area contributed by atoms with Crippen LogP contribution < -0.4 is 9.47 Å². The van der Waals surface area contributed by atoms with Crippen LogP contribution in [0, 0.1) is 27.3 Å². The minimum atomic E-state index is -0.507. The second kappa shape index (κ2) is 9.74. The molecule has 3 aromatic carbocycles. The molecule has 0 heterocycles. The smallest absolute Gasteiger partial charge is 0.269 e. The average Bonchev–Trinajstić information content (AvgIpc) is 2.76. The number of rotatable bonds is 7. The van der Waals surface area contributed by atoms with E-state index in [-0.39, 0.29) is 23.1 Å². The van der Waals surface area contributed by atoms with Gasteiger partial charge in [-0.05, 0) is 59.2 Å². The Morgan fingerprint density at radius 2 is 1.97 bits per heavy atom. The molecule has 6 nitrogen and oxygen atoms in total. The Hall–Kier alpha value is -3.89. The Bertz CT molecular complexity index is 1190. The maximum atomic E-state index is 13.4. The zero-order valence-electron chi connectivity index (χ0n) is 16.3. The number of ether oxygens (including phenoxy) is 2. The van der Waals surface area contributed by atoms with Gasteiger partial charge in [-0.1, -0.05) is 23.7 Å². The van der Waals surface area contributed by atoms with Crippen molar-refractivity contribution in [1.82, 2.24) is 0 Å². The number of nitriles is 1. The van der Waals surface area contributed by atoms with Gasteiger partial charge in [-0.2, -0.15) is 5.26 Å². The Kier molecular flexibility index (Phi) is 6.85. The number of hydrogen-bond acceptors (Lipinski definition) is 5. The first-order valence-electron chi connectivity index (χ1n) is 9.02. The molecule has 0 saturated carbocycles. The fourth-order valence-corrected chi connectivity index (χ4v) is 3.13. The number of allylic oxidation sites excluding steroid dienone is 1. The van der Waals surface area contributed by atoms with Gasteiger partial charge in [-0.15, -0.1) is 0 Å². The fourth-order valence-electron chi connectivity index (χ4n) is 2.85. The minimum absolute atomic E-state index is 0.0643. The SMILES string of the molecule is COc1cc(C=C(C#N)c2ccc([N+](=O)[O-])cc2)cc(Cl)c1OCc1cccc(F)c1. The predicted octanol–water partition coefficient (Wildman–Crippen LogP) is 6.04. The molecular formula is C23H16ClFN2O4. The lowest BCUT2D eigenvalue weighted by molar-refractivity contribution is -0.384. The lowest BCUT2D eigenvalue weighted by atomic mass is 10.0. The number of hydrogen-bond donors (Lipinski definition) is 0. The summed E-state index contributed by atoms with van der Waals surface area (Å²) in [6.07, 6.45) is 1.59. The van der Waals surface area contributed by atoms with E-state index < -0.39 is 4.92 Å². The van der Waals surface area contributed by atoms with Crippen molar-refractivity contribution in [2.45, 2.75) is 6.61 Å². The zero-order valence-corrected chi connectivity index (χ0v) is 17.1. The molecule has 0 bridgehead atoms. The van der Waals surface area contributed by atoms with Crippen molar-refractivity contribution in [1.29, 1.82) is 5.26 Å². The van der Waals surface area contributed by atoms with E-state index in [0.29, 0.717) is 33.8 Å². The molecule has 0 aromatic heterocycles. The van der Waals surface area contributed by atoms with Crippen LogP contribution in [0.25, 0.3) is 11.6 Å². The van der Waals surface area contributed by atoms with Gasteiger partial charge >= 0.3 is 0 Å². The maximum Gasteiger partial charge on any atom is 0.269 e. The number of methoxy groups -OCH3 is 1. The van der Waals surface area contributed by atoms with E-state index in [4.69, 9.17) is 21.1 Å². The van der Waals surface area contributed by atoms with Gasteiger partial charge in [-0.3, -0.25) is 10.1 Å². The highest BCUT2D eigenvalue weighted by Crippen LogP contribution is 2.38. The van der Waals surface area contributed by atoms with E-state index in [1.54, 1.807) is 30.3 Å². The Balaban J connectivity index is 1.88. The van der Waals surface area contributed by atoms with Crippen molar-refractivity contribution in [3.05, 3.63) is 98.3 Å². The van der Waals surface area contributed by atoms with Crippen molar-refractivity contribution in [3.8, 4) is 17.6 Å². The van der Waals surface area contributed by atoms with Crippen LogP contribution in [0.4, 0.5) is 10.1 Å². The molecule has 8 heteroatoms. The van der Waals surface area contributed by atoms with Gasteiger partial charge < -0.3 is 9.47 Å². The summed E-state index contributed by atoms with van der Waals surface area (Å²) < 4.78 is 24.5. The van der Waals surface area contributed by atoms with Crippen molar-refractivity contribution in [2.24, 2.45) is 0 Å². The van der Waals surface area contributed by atoms with Crippen molar-refractivity contribution in [2.75, 3.05) is 7.11 Å². The normalized spacial score (nSPS) is 11.0. The zero-order chi connectivity index (χ0) is 22.4. The summed E-state index contributed by atoms with van der Waals surface area (Å²) in [5.41, 5.74) is 1.96. The van der Waals surface area contributed by atoms with Gasteiger partial charge in [0.05, 0.1) is 28.7 Å². The molecule has 0 fully saturated rings. The van der Waals surface area contributed by atoms with E-state index in [1.807, 2.05) is 0 Å². The standard InChI is InChI=1S/C23H16ClFN2O4/c1-30-22-12-16(9-18(13-26)17-5-7-20(8-6-17)27(28)29)11-21(24)23(22)31-14-15-3-2-4-19(25)10-15/h2-12H,14H2,1H3. The highest BCUT2D eigenvalue weighted by molar-refractivity contribution is 6.32.